The molecule has 100 valence electrons. The van der Waals surface area contributed by atoms with E-state index in [1.54, 1.807) is 24.4 Å². The third kappa shape index (κ3) is 2.00. The second-order valence-electron chi connectivity index (χ2n) is 4.79. The van der Waals surface area contributed by atoms with E-state index in [4.69, 9.17) is 5.73 Å². The Morgan fingerprint density at radius 1 is 1.32 bits per heavy atom. The van der Waals surface area contributed by atoms with E-state index in [0.29, 0.717) is 18.4 Å². The van der Waals surface area contributed by atoms with E-state index in [9.17, 15) is 13.2 Å². The van der Waals surface area contributed by atoms with Crippen molar-refractivity contribution in [1.82, 2.24) is 9.71 Å². The lowest BCUT2D eigenvalue weighted by atomic mass is 10.2. The maximum Gasteiger partial charge on any atom is 0.266 e. The number of para-hydroxylation sites is 1. The van der Waals surface area contributed by atoms with Gasteiger partial charge in [0.15, 0.2) is 0 Å². The summed E-state index contributed by atoms with van der Waals surface area (Å²) in [5, 5.41) is 0.768. The fourth-order valence-electron chi connectivity index (χ4n) is 1.92. The van der Waals surface area contributed by atoms with Gasteiger partial charge in [-0.3, -0.25) is 4.79 Å². The molecule has 0 radical (unpaired) electrons. The molecule has 19 heavy (non-hydrogen) atoms. The molecule has 3 rings (SSSR count). The molecule has 0 bridgehead atoms. The van der Waals surface area contributed by atoms with Crippen LogP contribution in [0.1, 0.15) is 12.8 Å². The average Bonchev–Trinajstić information content (AvgIpc) is 2.93. The number of aromatic amines is 1. The Hall–Kier alpha value is -1.86. The predicted molar refractivity (Wildman–Crippen MR) is 69.8 cm³/mol. The SMILES string of the molecule is NC1(C(=O)NS(=O)(=O)c2cccc3cc[nH]c23)CC1. The van der Waals surface area contributed by atoms with Crippen molar-refractivity contribution in [1.29, 1.82) is 0 Å². The Balaban J connectivity index is 2.00. The zero-order chi connectivity index (χ0) is 13.7. The Kier molecular flexibility index (Phi) is 2.45. The molecule has 6 nitrogen and oxygen atoms in total. The zero-order valence-electron chi connectivity index (χ0n) is 10.0. The molecule has 7 heteroatoms. The molecule has 0 aliphatic heterocycles. The lowest BCUT2D eigenvalue weighted by Crippen LogP contribution is -2.45. The maximum atomic E-state index is 12.2. The van der Waals surface area contributed by atoms with Crippen molar-refractivity contribution in [3.8, 4) is 0 Å². The molecule has 0 spiro atoms. The van der Waals surface area contributed by atoms with Crippen molar-refractivity contribution in [2.75, 3.05) is 0 Å². The molecule has 0 unspecified atom stereocenters. The normalized spacial score (nSPS) is 17.3. The number of rotatable bonds is 3. The van der Waals surface area contributed by atoms with E-state index < -0.39 is 21.5 Å². The number of H-pyrrole nitrogens is 1. The zero-order valence-corrected chi connectivity index (χ0v) is 10.8. The summed E-state index contributed by atoms with van der Waals surface area (Å²) in [4.78, 5) is 14.7. The first-order valence-corrected chi connectivity index (χ1v) is 7.33. The van der Waals surface area contributed by atoms with Gasteiger partial charge < -0.3 is 10.7 Å². The van der Waals surface area contributed by atoms with Crippen molar-refractivity contribution >= 4 is 26.8 Å². The van der Waals surface area contributed by atoms with Crippen LogP contribution in [0.5, 0.6) is 0 Å². The molecule has 1 amide bonds. The Labute approximate surface area is 110 Å². The first kappa shape index (κ1) is 12.2. The van der Waals surface area contributed by atoms with Gasteiger partial charge in [-0.25, -0.2) is 13.1 Å². The van der Waals surface area contributed by atoms with Crippen molar-refractivity contribution in [2.45, 2.75) is 23.3 Å². The number of hydrogen-bond acceptors (Lipinski definition) is 4. The Morgan fingerprint density at radius 3 is 2.74 bits per heavy atom. The Bertz CT molecular complexity index is 759. The monoisotopic (exact) mass is 279 g/mol. The van der Waals surface area contributed by atoms with Crippen molar-refractivity contribution < 1.29 is 13.2 Å². The summed E-state index contributed by atoms with van der Waals surface area (Å²) < 4.78 is 26.5. The predicted octanol–water partition coefficient (Wildman–Crippen LogP) is 0.464. The minimum Gasteiger partial charge on any atom is -0.360 e. The van der Waals surface area contributed by atoms with Crippen molar-refractivity contribution in [2.24, 2.45) is 5.73 Å². The van der Waals surface area contributed by atoms with Gasteiger partial charge in [-0.1, -0.05) is 12.1 Å². The van der Waals surface area contributed by atoms with Gasteiger partial charge in [0, 0.05) is 11.6 Å². The van der Waals surface area contributed by atoms with E-state index in [0.717, 1.165) is 5.39 Å². The highest BCUT2D eigenvalue weighted by molar-refractivity contribution is 7.90. The minimum atomic E-state index is -3.91. The molecule has 1 aliphatic rings. The standard InChI is InChI=1S/C12H13N3O3S/c13-12(5-6-12)11(16)15-19(17,18)9-3-1-2-8-4-7-14-10(8)9/h1-4,7,14H,5-6,13H2,(H,15,16). The number of sulfonamides is 1. The van der Waals surface area contributed by atoms with Crippen LogP contribution in [0, 0.1) is 0 Å². The van der Waals surface area contributed by atoms with Crippen LogP contribution in [-0.2, 0) is 14.8 Å². The summed E-state index contributed by atoms with van der Waals surface area (Å²) in [6.07, 6.45) is 2.68. The number of carbonyl (C=O) groups excluding carboxylic acids is 1. The smallest absolute Gasteiger partial charge is 0.266 e. The molecule has 0 atom stereocenters. The summed E-state index contributed by atoms with van der Waals surface area (Å²) in [7, 11) is -3.91. The van der Waals surface area contributed by atoms with E-state index in [1.165, 1.54) is 6.07 Å². The van der Waals surface area contributed by atoms with Crippen LogP contribution in [0.3, 0.4) is 0 Å². The molecule has 2 aromatic rings. The van der Waals surface area contributed by atoms with Gasteiger partial charge in [0.25, 0.3) is 15.9 Å². The van der Waals surface area contributed by atoms with E-state index in [2.05, 4.69) is 4.98 Å². The van der Waals surface area contributed by atoms with Gasteiger partial charge in [0.2, 0.25) is 0 Å². The van der Waals surface area contributed by atoms with E-state index >= 15 is 0 Å². The number of hydrogen-bond donors (Lipinski definition) is 3. The molecule has 1 aromatic heterocycles. The quantitative estimate of drug-likeness (QED) is 0.759. The largest absolute Gasteiger partial charge is 0.360 e. The van der Waals surface area contributed by atoms with Crippen LogP contribution in [0.4, 0.5) is 0 Å². The number of benzene rings is 1. The summed E-state index contributed by atoms with van der Waals surface area (Å²) in [6.45, 7) is 0. The van der Waals surface area contributed by atoms with Gasteiger partial charge in [0.05, 0.1) is 11.1 Å². The number of carbonyl (C=O) groups is 1. The number of amides is 1. The first-order valence-electron chi connectivity index (χ1n) is 5.85. The second kappa shape index (κ2) is 3.82. The van der Waals surface area contributed by atoms with E-state index in [-0.39, 0.29) is 4.90 Å². The van der Waals surface area contributed by atoms with Crippen LogP contribution < -0.4 is 10.5 Å². The van der Waals surface area contributed by atoms with Crippen LogP contribution >= 0.6 is 0 Å². The lowest BCUT2D eigenvalue weighted by Gasteiger charge is -2.11. The molecule has 1 aliphatic carbocycles. The molecular weight excluding hydrogens is 266 g/mol. The number of fused-ring (bicyclic) bond motifs is 1. The van der Waals surface area contributed by atoms with Gasteiger partial charge >= 0.3 is 0 Å². The third-order valence-corrected chi connectivity index (χ3v) is 4.68. The molecule has 0 saturated heterocycles. The fourth-order valence-corrected chi connectivity index (χ4v) is 3.18. The third-order valence-electron chi connectivity index (χ3n) is 3.31. The van der Waals surface area contributed by atoms with Crippen molar-refractivity contribution in [3.63, 3.8) is 0 Å². The number of nitrogens with two attached hydrogens (primary N) is 1. The summed E-state index contributed by atoms with van der Waals surface area (Å²) >= 11 is 0. The molecule has 1 heterocycles. The number of aromatic nitrogens is 1. The molecule has 4 N–H and O–H groups in total. The minimum absolute atomic E-state index is 0.0487. The second-order valence-corrected chi connectivity index (χ2v) is 6.44. The topological polar surface area (TPSA) is 105 Å². The summed E-state index contributed by atoms with van der Waals surface area (Å²) in [6, 6.07) is 6.63. The molecule has 1 fully saturated rings. The van der Waals surface area contributed by atoms with Crippen LogP contribution in [0.2, 0.25) is 0 Å². The highest BCUT2D eigenvalue weighted by atomic mass is 32.2. The summed E-state index contributed by atoms with van der Waals surface area (Å²) in [5.41, 5.74) is 5.14. The van der Waals surface area contributed by atoms with Crippen LogP contribution in [0.15, 0.2) is 35.4 Å². The van der Waals surface area contributed by atoms with Gasteiger partial charge in [-0.2, -0.15) is 0 Å². The molecule has 1 saturated carbocycles. The van der Waals surface area contributed by atoms with Crippen LogP contribution in [0.25, 0.3) is 10.9 Å². The first-order chi connectivity index (χ1) is 8.92. The van der Waals surface area contributed by atoms with Gasteiger partial charge in [0.1, 0.15) is 4.90 Å². The average molecular weight is 279 g/mol. The molecular formula is C12H13N3O3S. The van der Waals surface area contributed by atoms with E-state index in [1.807, 2.05) is 4.72 Å². The van der Waals surface area contributed by atoms with Crippen molar-refractivity contribution in [3.05, 3.63) is 30.5 Å². The maximum absolute atomic E-state index is 12.2. The van der Waals surface area contributed by atoms with Gasteiger partial charge in [-0.15, -0.1) is 0 Å². The fraction of sp³-hybridized carbons (Fsp3) is 0.250. The lowest BCUT2D eigenvalue weighted by molar-refractivity contribution is -0.121. The highest BCUT2D eigenvalue weighted by Gasteiger charge is 2.47. The van der Waals surface area contributed by atoms with Crippen LogP contribution in [-0.4, -0.2) is 24.8 Å². The number of nitrogens with one attached hydrogen (secondary N) is 2. The summed E-state index contributed by atoms with van der Waals surface area (Å²) in [5.74, 6) is -0.643. The highest BCUT2D eigenvalue weighted by Crippen LogP contribution is 2.32. The Morgan fingerprint density at radius 2 is 2.05 bits per heavy atom. The van der Waals surface area contributed by atoms with Gasteiger partial charge in [-0.05, 0) is 25.0 Å². The molecule has 1 aromatic carbocycles.